The molecule has 1 heterocycles. The maximum atomic E-state index is 11.0. The fourth-order valence-corrected chi connectivity index (χ4v) is 2.00. The molecular weight excluding hydrogens is 260 g/mol. The number of rotatable bonds is 2. The molecule has 0 spiro atoms. The monoisotopic (exact) mass is 270 g/mol. The van der Waals surface area contributed by atoms with Gasteiger partial charge in [0.05, 0.1) is 13.2 Å². The standard InChI is InChI=1S/C10H11BrN2O2/c1-15-9-3-2-6(11)4-7(9)8-5-12-10(14)13-8/h2-4,8H,5H2,1H3,(H2,12,13,14)/t8-/m0/s1. The lowest BCUT2D eigenvalue weighted by atomic mass is 10.1. The summed E-state index contributed by atoms with van der Waals surface area (Å²) in [6.07, 6.45) is 0. The zero-order valence-corrected chi connectivity index (χ0v) is 9.80. The van der Waals surface area contributed by atoms with Crippen molar-refractivity contribution in [3.63, 3.8) is 0 Å². The van der Waals surface area contributed by atoms with Crippen molar-refractivity contribution in [1.82, 2.24) is 10.6 Å². The van der Waals surface area contributed by atoms with E-state index in [9.17, 15) is 4.79 Å². The van der Waals surface area contributed by atoms with Crippen molar-refractivity contribution < 1.29 is 9.53 Å². The van der Waals surface area contributed by atoms with E-state index in [4.69, 9.17) is 4.74 Å². The molecule has 0 unspecified atom stereocenters. The Labute approximate surface area is 96.1 Å². The Balaban J connectivity index is 2.33. The number of hydrogen-bond acceptors (Lipinski definition) is 2. The Morgan fingerprint density at radius 2 is 2.33 bits per heavy atom. The predicted octanol–water partition coefficient (Wildman–Crippen LogP) is 1.81. The van der Waals surface area contributed by atoms with Crippen LogP contribution in [0.25, 0.3) is 0 Å². The zero-order valence-electron chi connectivity index (χ0n) is 8.21. The minimum atomic E-state index is -0.137. The molecular formula is C10H11BrN2O2. The van der Waals surface area contributed by atoms with Gasteiger partial charge in [0.1, 0.15) is 5.75 Å². The average Bonchev–Trinajstić information content (AvgIpc) is 2.65. The van der Waals surface area contributed by atoms with Gasteiger partial charge in [0.2, 0.25) is 0 Å². The third-order valence-electron chi connectivity index (χ3n) is 2.34. The van der Waals surface area contributed by atoms with Crippen LogP contribution < -0.4 is 15.4 Å². The Kier molecular flexibility index (Phi) is 2.81. The summed E-state index contributed by atoms with van der Waals surface area (Å²) in [7, 11) is 1.62. The molecule has 0 aliphatic carbocycles. The van der Waals surface area contributed by atoms with Crippen LogP contribution in [0.5, 0.6) is 5.75 Å². The van der Waals surface area contributed by atoms with Crippen LogP contribution in [0.3, 0.4) is 0 Å². The highest BCUT2D eigenvalue weighted by atomic mass is 79.9. The lowest BCUT2D eigenvalue weighted by Gasteiger charge is -2.13. The topological polar surface area (TPSA) is 50.4 Å². The van der Waals surface area contributed by atoms with Gasteiger partial charge in [-0.3, -0.25) is 0 Å². The van der Waals surface area contributed by atoms with E-state index in [1.165, 1.54) is 0 Å². The van der Waals surface area contributed by atoms with Gasteiger partial charge in [0, 0.05) is 16.6 Å². The zero-order chi connectivity index (χ0) is 10.8. The van der Waals surface area contributed by atoms with Gasteiger partial charge in [-0.15, -0.1) is 0 Å². The average molecular weight is 271 g/mol. The van der Waals surface area contributed by atoms with Gasteiger partial charge in [-0.05, 0) is 18.2 Å². The molecule has 0 bridgehead atoms. The lowest BCUT2D eigenvalue weighted by Crippen LogP contribution is -2.21. The van der Waals surface area contributed by atoms with Crippen molar-refractivity contribution in [3.8, 4) is 5.75 Å². The van der Waals surface area contributed by atoms with Crippen molar-refractivity contribution in [1.29, 1.82) is 0 Å². The molecule has 4 nitrogen and oxygen atoms in total. The van der Waals surface area contributed by atoms with Gasteiger partial charge in [-0.25, -0.2) is 4.79 Å². The highest BCUT2D eigenvalue weighted by Crippen LogP contribution is 2.29. The van der Waals surface area contributed by atoms with E-state index in [0.29, 0.717) is 6.54 Å². The van der Waals surface area contributed by atoms with E-state index < -0.39 is 0 Å². The first kappa shape index (κ1) is 10.3. The summed E-state index contributed by atoms with van der Waals surface area (Å²) in [5.41, 5.74) is 0.977. The van der Waals surface area contributed by atoms with Crippen molar-refractivity contribution in [2.45, 2.75) is 6.04 Å². The molecule has 1 atom stereocenters. The van der Waals surface area contributed by atoms with Crippen LogP contribution in [0.2, 0.25) is 0 Å². The maximum Gasteiger partial charge on any atom is 0.315 e. The SMILES string of the molecule is COc1ccc(Br)cc1[C@@H]1CNC(=O)N1. The molecule has 15 heavy (non-hydrogen) atoms. The fraction of sp³-hybridized carbons (Fsp3) is 0.300. The Morgan fingerprint density at radius 1 is 1.53 bits per heavy atom. The van der Waals surface area contributed by atoms with E-state index >= 15 is 0 Å². The number of urea groups is 1. The van der Waals surface area contributed by atoms with Crippen molar-refractivity contribution >= 4 is 22.0 Å². The molecule has 2 N–H and O–H groups in total. The van der Waals surface area contributed by atoms with Gasteiger partial charge in [0.25, 0.3) is 0 Å². The summed E-state index contributed by atoms with van der Waals surface area (Å²) in [5.74, 6) is 0.784. The molecule has 1 fully saturated rings. The summed E-state index contributed by atoms with van der Waals surface area (Å²) in [4.78, 5) is 11.0. The van der Waals surface area contributed by atoms with Gasteiger partial charge in [0.15, 0.2) is 0 Å². The van der Waals surface area contributed by atoms with Crippen LogP contribution in [0.1, 0.15) is 11.6 Å². The molecule has 80 valence electrons. The number of carbonyl (C=O) groups excluding carboxylic acids is 1. The van der Waals surface area contributed by atoms with Crippen molar-refractivity contribution in [2.24, 2.45) is 0 Å². The quantitative estimate of drug-likeness (QED) is 0.861. The first-order chi connectivity index (χ1) is 7.20. The molecule has 0 saturated carbocycles. The lowest BCUT2D eigenvalue weighted by molar-refractivity contribution is 0.247. The second-order valence-corrected chi connectivity index (χ2v) is 4.21. The molecule has 1 saturated heterocycles. The van der Waals surface area contributed by atoms with Crippen LogP contribution in [0.15, 0.2) is 22.7 Å². The van der Waals surface area contributed by atoms with E-state index in [1.54, 1.807) is 7.11 Å². The molecule has 1 aromatic carbocycles. The van der Waals surface area contributed by atoms with Crippen LogP contribution in [0.4, 0.5) is 4.79 Å². The number of halogens is 1. The fourth-order valence-electron chi connectivity index (χ4n) is 1.62. The summed E-state index contributed by atoms with van der Waals surface area (Å²) < 4.78 is 6.22. The molecule has 1 aromatic rings. The van der Waals surface area contributed by atoms with Crippen LogP contribution in [-0.2, 0) is 0 Å². The normalized spacial score (nSPS) is 19.6. The minimum Gasteiger partial charge on any atom is -0.496 e. The smallest absolute Gasteiger partial charge is 0.315 e. The number of hydrogen-bond donors (Lipinski definition) is 2. The molecule has 2 amide bonds. The predicted molar refractivity (Wildman–Crippen MR) is 60.0 cm³/mol. The van der Waals surface area contributed by atoms with E-state index in [2.05, 4.69) is 26.6 Å². The first-order valence-corrected chi connectivity index (χ1v) is 5.38. The minimum absolute atomic E-state index is 0.0232. The summed E-state index contributed by atoms with van der Waals surface area (Å²) in [6, 6.07) is 5.58. The molecule has 0 aromatic heterocycles. The number of carbonyl (C=O) groups is 1. The Hall–Kier alpha value is -1.23. The number of amides is 2. The Morgan fingerprint density at radius 3 is 2.93 bits per heavy atom. The summed E-state index contributed by atoms with van der Waals surface area (Å²) in [5, 5.41) is 5.54. The summed E-state index contributed by atoms with van der Waals surface area (Å²) in [6.45, 7) is 0.589. The van der Waals surface area contributed by atoms with Crippen LogP contribution in [0, 0.1) is 0 Å². The molecule has 1 aliphatic heterocycles. The highest BCUT2D eigenvalue weighted by molar-refractivity contribution is 9.10. The number of benzene rings is 1. The molecule has 2 rings (SSSR count). The second-order valence-electron chi connectivity index (χ2n) is 3.29. The maximum absolute atomic E-state index is 11.0. The third-order valence-corrected chi connectivity index (χ3v) is 2.83. The van der Waals surface area contributed by atoms with Gasteiger partial charge < -0.3 is 15.4 Å². The van der Waals surface area contributed by atoms with Gasteiger partial charge in [-0.1, -0.05) is 15.9 Å². The van der Waals surface area contributed by atoms with Crippen LogP contribution in [-0.4, -0.2) is 19.7 Å². The van der Waals surface area contributed by atoms with Crippen molar-refractivity contribution in [3.05, 3.63) is 28.2 Å². The van der Waals surface area contributed by atoms with Gasteiger partial charge >= 0.3 is 6.03 Å². The van der Waals surface area contributed by atoms with E-state index in [1.807, 2.05) is 18.2 Å². The van der Waals surface area contributed by atoms with Crippen LogP contribution >= 0.6 is 15.9 Å². The third kappa shape index (κ3) is 2.07. The Bertz CT molecular complexity index is 395. The number of nitrogens with one attached hydrogen (secondary N) is 2. The largest absolute Gasteiger partial charge is 0.496 e. The second kappa shape index (κ2) is 4.10. The van der Waals surface area contributed by atoms with E-state index in [0.717, 1.165) is 15.8 Å². The summed E-state index contributed by atoms with van der Waals surface area (Å²) >= 11 is 3.40. The van der Waals surface area contributed by atoms with E-state index in [-0.39, 0.29) is 12.1 Å². The molecule has 5 heteroatoms. The van der Waals surface area contributed by atoms with Gasteiger partial charge in [-0.2, -0.15) is 0 Å². The highest BCUT2D eigenvalue weighted by Gasteiger charge is 2.24. The van der Waals surface area contributed by atoms with Crippen molar-refractivity contribution in [2.75, 3.05) is 13.7 Å². The number of methoxy groups -OCH3 is 1. The number of ether oxygens (including phenoxy) is 1. The molecule has 1 aliphatic rings. The molecule has 0 radical (unpaired) electrons. The first-order valence-electron chi connectivity index (χ1n) is 4.58.